The van der Waals surface area contributed by atoms with Crippen molar-refractivity contribution in [2.75, 3.05) is 0 Å². The molecule has 0 bridgehead atoms. The third-order valence-electron chi connectivity index (χ3n) is 12.4. The average Bonchev–Trinajstić information content (AvgIpc) is 4.11. The smallest absolute Gasteiger partial charge is 0.168 e. The van der Waals surface area contributed by atoms with Crippen molar-refractivity contribution >= 4 is 65.6 Å². The van der Waals surface area contributed by atoms with E-state index in [1.807, 2.05) is 30.3 Å². The van der Waals surface area contributed by atoms with Gasteiger partial charge in [0, 0.05) is 60.5 Å². The molecule has 0 spiro atoms. The SMILES string of the molecule is c1ccc(-c2nnc(-c3ccc4c5ccccc5n(-c5cccc(-c6cccc(-n7c8ccccc8c8c9c(ccc87)oc7ccccc79)c6)c5)c4c3)n2-c2ccccc2)cc1. The van der Waals surface area contributed by atoms with Crippen LogP contribution in [0.3, 0.4) is 0 Å². The minimum atomic E-state index is 0.783. The van der Waals surface area contributed by atoms with Crippen molar-refractivity contribution < 1.29 is 4.42 Å². The summed E-state index contributed by atoms with van der Waals surface area (Å²) < 4.78 is 13.3. The maximum Gasteiger partial charge on any atom is 0.168 e. The molecule has 0 N–H and O–H groups in total. The summed E-state index contributed by atoms with van der Waals surface area (Å²) in [5.41, 5.74) is 13.8. The number of hydrogen-bond acceptors (Lipinski definition) is 3. The fraction of sp³-hybridized carbons (Fsp3) is 0. The van der Waals surface area contributed by atoms with Gasteiger partial charge in [-0.05, 0) is 83.9 Å². The van der Waals surface area contributed by atoms with Crippen molar-refractivity contribution in [1.82, 2.24) is 23.9 Å². The maximum atomic E-state index is 6.35. The first kappa shape index (κ1) is 34.4. The topological polar surface area (TPSA) is 53.7 Å². The highest BCUT2D eigenvalue weighted by atomic mass is 16.3. The minimum absolute atomic E-state index is 0.783. The Morgan fingerprint density at radius 2 is 0.839 bits per heavy atom. The lowest BCUT2D eigenvalue weighted by atomic mass is 10.0. The zero-order valence-corrected chi connectivity index (χ0v) is 33.4. The summed E-state index contributed by atoms with van der Waals surface area (Å²) in [5, 5.41) is 16.7. The van der Waals surface area contributed by atoms with Crippen LogP contribution in [0.25, 0.3) is 117 Å². The van der Waals surface area contributed by atoms with Crippen LogP contribution in [-0.4, -0.2) is 23.9 Å². The summed E-state index contributed by atoms with van der Waals surface area (Å²) in [6.45, 7) is 0. The molecule has 4 heterocycles. The Labute approximate surface area is 355 Å². The molecule has 0 aliphatic carbocycles. The van der Waals surface area contributed by atoms with E-state index < -0.39 is 0 Å². The van der Waals surface area contributed by atoms with E-state index in [4.69, 9.17) is 14.6 Å². The molecule has 0 saturated carbocycles. The Kier molecular flexibility index (Phi) is 7.50. The predicted octanol–water partition coefficient (Wildman–Crippen LogP) is 14.4. The Bertz CT molecular complexity index is 3870. The highest BCUT2D eigenvalue weighted by molar-refractivity contribution is 6.27. The van der Waals surface area contributed by atoms with Gasteiger partial charge in [-0.25, -0.2) is 0 Å². The first-order chi connectivity index (χ1) is 30.8. The number of rotatable bonds is 6. The van der Waals surface area contributed by atoms with E-state index in [2.05, 4.69) is 196 Å². The molecule has 0 aliphatic heterocycles. The van der Waals surface area contributed by atoms with E-state index in [1.165, 1.54) is 21.5 Å². The highest BCUT2D eigenvalue weighted by Gasteiger charge is 2.21. The van der Waals surface area contributed by atoms with Gasteiger partial charge in [-0.3, -0.25) is 4.57 Å². The Morgan fingerprint density at radius 3 is 1.58 bits per heavy atom. The molecule has 6 nitrogen and oxygen atoms in total. The second kappa shape index (κ2) is 13.5. The predicted molar refractivity (Wildman–Crippen MR) is 254 cm³/mol. The summed E-state index contributed by atoms with van der Waals surface area (Å²) in [6, 6.07) is 75.1. The monoisotopic (exact) mass is 793 g/mol. The number of nitrogens with zero attached hydrogens (tertiary/aromatic N) is 5. The van der Waals surface area contributed by atoms with E-state index in [9.17, 15) is 0 Å². The summed E-state index contributed by atoms with van der Waals surface area (Å²) in [7, 11) is 0. The van der Waals surface area contributed by atoms with Gasteiger partial charge in [-0.2, -0.15) is 0 Å². The summed E-state index contributed by atoms with van der Waals surface area (Å²) in [5.74, 6) is 1.58. The number of furan rings is 1. The largest absolute Gasteiger partial charge is 0.456 e. The summed E-state index contributed by atoms with van der Waals surface area (Å²) in [4.78, 5) is 0. The van der Waals surface area contributed by atoms with Crippen molar-refractivity contribution in [1.29, 1.82) is 0 Å². The third kappa shape index (κ3) is 5.17. The van der Waals surface area contributed by atoms with Crippen molar-refractivity contribution in [3.63, 3.8) is 0 Å². The van der Waals surface area contributed by atoms with Crippen LogP contribution in [-0.2, 0) is 0 Å². The van der Waals surface area contributed by atoms with Gasteiger partial charge in [-0.15, -0.1) is 10.2 Å². The Morgan fingerprint density at radius 1 is 0.290 bits per heavy atom. The molecule has 6 heteroatoms. The van der Waals surface area contributed by atoms with E-state index in [0.717, 1.165) is 95.0 Å². The Balaban J connectivity index is 0.969. The minimum Gasteiger partial charge on any atom is -0.456 e. The number of benzene rings is 9. The first-order valence-corrected chi connectivity index (χ1v) is 20.9. The molecule has 0 fully saturated rings. The molecule has 0 unspecified atom stereocenters. The standard InChI is InChI=1S/C56H35N5O/c1-3-15-36(16-4-1)55-57-58-56(61(55)40-19-5-2-6-20-40)39-29-30-44-43-23-7-10-26-47(43)60(50(44)35-39)42-22-14-18-38(34-42)37-17-13-21-41(33-37)59-48-27-11-8-24-45(48)53-49(59)31-32-52-54(53)46-25-9-12-28-51(46)62-52/h1-35H. The summed E-state index contributed by atoms with van der Waals surface area (Å²) >= 11 is 0. The maximum absolute atomic E-state index is 6.35. The van der Waals surface area contributed by atoms with Crippen LogP contribution >= 0.6 is 0 Å². The molecule has 62 heavy (non-hydrogen) atoms. The molecular weight excluding hydrogens is 759 g/mol. The second-order valence-electron chi connectivity index (χ2n) is 15.9. The molecule has 0 saturated heterocycles. The Hall–Kier alpha value is -8.48. The van der Waals surface area contributed by atoms with E-state index in [0.29, 0.717) is 0 Å². The molecule has 13 rings (SSSR count). The zero-order valence-electron chi connectivity index (χ0n) is 33.4. The molecular formula is C56H35N5O. The van der Waals surface area contributed by atoms with Gasteiger partial charge >= 0.3 is 0 Å². The molecule has 0 aliphatic rings. The summed E-state index contributed by atoms with van der Waals surface area (Å²) in [6.07, 6.45) is 0. The highest BCUT2D eigenvalue weighted by Crippen LogP contribution is 2.42. The van der Waals surface area contributed by atoms with E-state index in [1.54, 1.807) is 0 Å². The van der Waals surface area contributed by atoms with Crippen LogP contribution in [0.2, 0.25) is 0 Å². The number of fused-ring (bicyclic) bond motifs is 10. The number of para-hydroxylation sites is 4. The molecule has 9 aromatic carbocycles. The van der Waals surface area contributed by atoms with Gasteiger partial charge in [0.2, 0.25) is 0 Å². The fourth-order valence-corrected chi connectivity index (χ4v) is 9.66. The molecule has 0 atom stereocenters. The average molecular weight is 794 g/mol. The second-order valence-corrected chi connectivity index (χ2v) is 15.9. The normalized spacial score (nSPS) is 11.9. The van der Waals surface area contributed by atoms with Crippen molar-refractivity contribution in [3.05, 3.63) is 212 Å². The van der Waals surface area contributed by atoms with Crippen LogP contribution in [0, 0.1) is 0 Å². The molecule has 4 aromatic heterocycles. The molecule has 0 radical (unpaired) electrons. The van der Waals surface area contributed by atoms with Gasteiger partial charge in [-0.1, -0.05) is 140 Å². The fourth-order valence-electron chi connectivity index (χ4n) is 9.66. The number of aromatic nitrogens is 5. The van der Waals surface area contributed by atoms with Crippen molar-refractivity contribution in [2.24, 2.45) is 0 Å². The van der Waals surface area contributed by atoms with Gasteiger partial charge in [0.25, 0.3) is 0 Å². The molecule has 13 aromatic rings. The lowest BCUT2D eigenvalue weighted by Gasteiger charge is -2.13. The lowest BCUT2D eigenvalue weighted by molar-refractivity contribution is 0.669. The van der Waals surface area contributed by atoms with Crippen molar-refractivity contribution in [3.8, 4) is 51.0 Å². The quantitative estimate of drug-likeness (QED) is 0.168. The lowest BCUT2D eigenvalue weighted by Crippen LogP contribution is -2.00. The van der Waals surface area contributed by atoms with Gasteiger partial charge in [0.15, 0.2) is 11.6 Å². The van der Waals surface area contributed by atoms with Gasteiger partial charge in [0.05, 0.1) is 22.1 Å². The van der Waals surface area contributed by atoms with Crippen LogP contribution in [0.15, 0.2) is 217 Å². The zero-order chi connectivity index (χ0) is 40.7. The molecule has 0 amide bonds. The van der Waals surface area contributed by atoms with Crippen LogP contribution in [0.5, 0.6) is 0 Å². The van der Waals surface area contributed by atoms with Gasteiger partial charge < -0.3 is 13.6 Å². The first-order valence-electron chi connectivity index (χ1n) is 20.9. The number of hydrogen-bond donors (Lipinski definition) is 0. The van der Waals surface area contributed by atoms with Gasteiger partial charge in [0.1, 0.15) is 11.2 Å². The van der Waals surface area contributed by atoms with Crippen LogP contribution in [0.4, 0.5) is 0 Å². The third-order valence-corrected chi connectivity index (χ3v) is 12.4. The van der Waals surface area contributed by atoms with Crippen LogP contribution < -0.4 is 0 Å². The molecule has 290 valence electrons. The van der Waals surface area contributed by atoms with Crippen molar-refractivity contribution in [2.45, 2.75) is 0 Å². The van der Waals surface area contributed by atoms with E-state index >= 15 is 0 Å². The van der Waals surface area contributed by atoms with E-state index in [-0.39, 0.29) is 0 Å². The van der Waals surface area contributed by atoms with Crippen LogP contribution in [0.1, 0.15) is 0 Å².